The summed E-state index contributed by atoms with van der Waals surface area (Å²) in [4.78, 5) is 25.3. The van der Waals surface area contributed by atoms with E-state index in [9.17, 15) is 10.1 Å². The van der Waals surface area contributed by atoms with E-state index in [1.807, 2.05) is 50.5 Å². The Morgan fingerprint density at radius 2 is 1.92 bits per heavy atom. The monoisotopic (exact) mass is 509 g/mol. The highest BCUT2D eigenvalue weighted by Gasteiger charge is 2.32. The van der Waals surface area contributed by atoms with Gasteiger partial charge in [0, 0.05) is 39.3 Å². The van der Waals surface area contributed by atoms with E-state index in [0.29, 0.717) is 21.9 Å². The van der Waals surface area contributed by atoms with Gasteiger partial charge in [-0.15, -0.1) is 0 Å². The minimum absolute atomic E-state index is 0.0834. The van der Waals surface area contributed by atoms with Gasteiger partial charge < -0.3 is 14.3 Å². The second-order valence-electron chi connectivity index (χ2n) is 10.3. The third kappa shape index (κ3) is 4.96. The van der Waals surface area contributed by atoms with Crippen molar-refractivity contribution < 1.29 is 4.84 Å². The summed E-state index contributed by atoms with van der Waals surface area (Å²) in [5, 5.41) is 19.1. The summed E-state index contributed by atoms with van der Waals surface area (Å²) in [5.74, 6) is 0.204. The lowest BCUT2D eigenvalue weighted by Gasteiger charge is -2.37. The Balaban J connectivity index is 1.64. The molecule has 3 aromatic rings. The fourth-order valence-corrected chi connectivity index (χ4v) is 5.02. The molecule has 0 spiro atoms. The van der Waals surface area contributed by atoms with Crippen molar-refractivity contribution in [1.29, 1.82) is 5.26 Å². The maximum absolute atomic E-state index is 13.0. The van der Waals surface area contributed by atoms with Crippen molar-refractivity contribution in [3.05, 3.63) is 51.2 Å². The van der Waals surface area contributed by atoms with Crippen molar-refractivity contribution >= 4 is 34.0 Å². The summed E-state index contributed by atoms with van der Waals surface area (Å²) >= 11 is 6.21. The third-order valence-corrected chi connectivity index (χ3v) is 6.99. The SMILES string of the molecule is CN(c1c(C#N)c(=O)n(C)c2ccc(Cl)nc12)C1CCC(/C(=N/OC(C)(C)C)c2ccnn2C)CC1. The van der Waals surface area contributed by atoms with E-state index in [4.69, 9.17) is 16.4 Å². The zero-order valence-electron chi connectivity index (χ0n) is 21.6. The van der Waals surface area contributed by atoms with Crippen LogP contribution in [0.2, 0.25) is 5.15 Å². The third-order valence-electron chi connectivity index (χ3n) is 6.78. The molecule has 0 radical (unpaired) electrons. The van der Waals surface area contributed by atoms with Crippen LogP contribution in [0.5, 0.6) is 0 Å². The van der Waals surface area contributed by atoms with Gasteiger partial charge in [0.25, 0.3) is 5.56 Å². The van der Waals surface area contributed by atoms with Crippen LogP contribution in [0.4, 0.5) is 5.69 Å². The van der Waals surface area contributed by atoms with E-state index in [0.717, 1.165) is 37.1 Å². The zero-order chi connectivity index (χ0) is 26.2. The van der Waals surface area contributed by atoms with Crippen LogP contribution >= 0.6 is 11.6 Å². The lowest BCUT2D eigenvalue weighted by Crippen LogP contribution is -2.39. The molecule has 0 unspecified atom stereocenters. The first kappa shape index (κ1) is 25.7. The van der Waals surface area contributed by atoms with Crippen LogP contribution < -0.4 is 10.5 Å². The Bertz CT molecular complexity index is 1400. The van der Waals surface area contributed by atoms with Crippen molar-refractivity contribution in [2.24, 2.45) is 25.2 Å². The Morgan fingerprint density at radius 3 is 2.50 bits per heavy atom. The Labute approximate surface area is 215 Å². The average molecular weight is 510 g/mol. The van der Waals surface area contributed by atoms with Gasteiger partial charge in [-0.25, -0.2) is 4.98 Å². The van der Waals surface area contributed by atoms with E-state index in [-0.39, 0.29) is 23.1 Å². The summed E-state index contributed by atoms with van der Waals surface area (Å²) in [5.41, 5.74) is 2.93. The van der Waals surface area contributed by atoms with Gasteiger partial charge in [-0.05, 0) is 64.7 Å². The zero-order valence-corrected chi connectivity index (χ0v) is 22.4. The summed E-state index contributed by atoms with van der Waals surface area (Å²) in [6.45, 7) is 5.93. The van der Waals surface area contributed by atoms with Crippen molar-refractivity contribution in [1.82, 2.24) is 19.3 Å². The number of aromatic nitrogens is 4. The molecule has 10 heteroatoms. The van der Waals surface area contributed by atoms with Gasteiger partial charge in [-0.3, -0.25) is 9.48 Å². The number of rotatable bonds is 5. The van der Waals surface area contributed by atoms with Gasteiger partial charge in [0.2, 0.25) is 0 Å². The van der Waals surface area contributed by atoms with Crippen LogP contribution in [-0.4, -0.2) is 43.7 Å². The fraction of sp³-hybridized carbons (Fsp3) is 0.500. The van der Waals surface area contributed by atoms with Crippen molar-refractivity contribution in [3.8, 4) is 6.07 Å². The summed E-state index contributed by atoms with van der Waals surface area (Å²) in [6.07, 6.45) is 5.24. The van der Waals surface area contributed by atoms with Gasteiger partial charge in [0.15, 0.2) is 0 Å². The Kier molecular flexibility index (Phi) is 7.10. The van der Waals surface area contributed by atoms with Crippen molar-refractivity contribution in [2.75, 3.05) is 11.9 Å². The van der Waals surface area contributed by atoms with Gasteiger partial charge in [0.05, 0.1) is 16.9 Å². The molecule has 1 aliphatic carbocycles. The van der Waals surface area contributed by atoms with Gasteiger partial charge in [0.1, 0.15) is 33.6 Å². The molecule has 0 N–H and O–H groups in total. The van der Waals surface area contributed by atoms with Crippen LogP contribution in [0.1, 0.15) is 57.7 Å². The Hall–Kier alpha value is -3.38. The molecule has 0 aromatic carbocycles. The minimum atomic E-state index is -0.399. The quantitative estimate of drug-likeness (QED) is 0.287. The fourth-order valence-electron chi connectivity index (χ4n) is 4.87. The molecule has 0 bridgehead atoms. The minimum Gasteiger partial charge on any atom is -0.390 e. The van der Waals surface area contributed by atoms with E-state index < -0.39 is 5.60 Å². The second kappa shape index (κ2) is 9.94. The molecular weight excluding hydrogens is 478 g/mol. The van der Waals surface area contributed by atoms with E-state index >= 15 is 0 Å². The number of aryl methyl sites for hydroxylation is 2. The highest BCUT2D eigenvalue weighted by Crippen LogP contribution is 2.35. The highest BCUT2D eigenvalue weighted by molar-refractivity contribution is 6.29. The standard InChI is InChI=1S/C26H32ClN7O2/c1-26(2,3)36-31-22(20-13-14-29-34(20)6)16-7-9-17(10-8-16)32(4)24-18(15-28)25(35)33(5)19-11-12-21(27)30-23(19)24/h11-14,16-17H,7-10H2,1-6H3/b31-22-. The maximum atomic E-state index is 13.0. The number of hydrogen-bond donors (Lipinski definition) is 0. The van der Waals surface area contributed by atoms with Crippen LogP contribution in [0, 0.1) is 17.2 Å². The van der Waals surface area contributed by atoms with Gasteiger partial charge in [-0.1, -0.05) is 16.8 Å². The molecule has 1 fully saturated rings. The molecule has 1 saturated carbocycles. The largest absolute Gasteiger partial charge is 0.390 e. The molecule has 0 atom stereocenters. The average Bonchev–Trinajstić information content (AvgIpc) is 3.26. The summed E-state index contributed by atoms with van der Waals surface area (Å²) in [6, 6.07) is 7.63. The number of halogens is 1. The molecule has 0 saturated heterocycles. The van der Waals surface area contributed by atoms with Crippen LogP contribution in [0.3, 0.4) is 0 Å². The maximum Gasteiger partial charge on any atom is 0.270 e. The number of anilines is 1. The highest BCUT2D eigenvalue weighted by atomic mass is 35.5. The van der Waals surface area contributed by atoms with Crippen molar-refractivity contribution in [2.45, 2.75) is 58.1 Å². The first-order valence-electron chi connectivity index (χ1n) is 12.1. The molecular formula is C26H32ClN7O2. The summed E-state index contributed by atoms with van der Waals surface area (Å²) in [7, 11) is 5.49. The molecule has 36 heavy (non-hydrogen) atoms. The number of nitriles is 1. The van der Waals surface area contributed by atoms with Crippen LogP contribution in [0.15, 0.2) is 34.3 Å². The molecule has 3 heterocycles. The number of pyridine rings is 2. The molecule has 190 valence electrons. The smallest absolute Gasteiger partial charge is 0.270 e. The van der Waals surface area contributed by atoms with Gasteiger partial charge in [-0.2, -0.15) is 10.4 Å². The molecule has 9 nitrogen and oxygen atoms in total. The first-order chi connectivity index (χ1) is 17.0. The first-order valence-corrected chi connectivity index (χ1v) is 12.5. The number of fused-ring (bicyclic) bond motifs is 1. The topological polar surface area (TPSA) is 101 Å². The number of oxime groups is 1. The molecule has 4 rings (SSSR count). The molecule has 3 aromatic heterocycles. The second-order valence-corrected chi connectivity index (χ2v) is 10.7. The summed E-state index contributed by atoms with van der Waals surface area (Å²) < 4.78 is 3.28. The van der Waals surface area contributed by atoms with E-state index in [1.165, 1.54) is 4.57 Å². The number of nitrogens with zero attached hydrogens (tertiary/aromatic N) is 7. The van der Waals surface area contributed by atoms with E-state index in [2.05, 4.69) is 21.3 Å². The molecule has 0 aliphatic heterocycles. The molecule has 0 amide bonds. The van der Waals surface area contributed by atoms with E-state index in [1.54, 1.807) is 25.4 Å². The predicted molar refractivity (Wildman–Crippen MR) is 141 cm³/mol. The lowest BCUT2D eigenvalue weighted by atomic mass is 9.81. The van der Waals surface area contributed by atoms with Crippen molar-refractivity contribution in [3.63, 3.8) is 0 Å². The normalized spacial score (nSPS) is 18.8. The molecule has 1 aliphatic rings. The predicted octanol–water partition coefficient (Wildman–Crippen LogP) is 4.41. The van der Waals surface area contributed by atoms with Gasteiger partial charge >= 0.3 is 0 Å². The number of hydrogen-bond acceptors (Lipinski definition) is 7. The van der Waals surface area contributed by atoms with Crippen LogP contribution in [-0.2, 0) is 18.9 Å². The Morgan fingerprint density at radius 1 is 1.22 bits per heavy atom. The lowest BCUT2D eigenvalue weighted by molar-refractivity contribution is -0.000113. The van der Waals surface area contributed by atoms with Crippen LogP contribution in [0.25, 0.3) is 11.0 Å².